The van der Waals surface area contributed by atoms with Gasteiger partial charge in [0.15, 0.2) is 5.78 Å². The second-order valence-corrected chi connectivity index (χ2v) is 18.2. The number of carbonyl (C=O) groups is 3. The number of methoxy groups -OCH3 is 2. The van der Waals surface area contributed by atoms with E-state index >= 15 is 0 Å². The Labute approximate surface area is 295 Å². The minimum absolute atomic E-state index is 0.0365. The molecule has 0 saturated heterocycles. The maximum Gasteiger partial charge on any atom is 0.319 e. The summed E-state index contributed by atoms with van der Waals surface area (Å²) in [6, 6.07) is 0.141. The summed E-state index contributed by atoms with van der Waals surface area (Å²) in [5.41, 5.74) is -0.168. The predicted octanol–water partition coefficient (Wildman–Crippen LogP) is 6.57. The van der Waals surface area contributed by atoms with Gasteiger partial charge in [-0.1, -0.05) is 47.1 Å². The number of rotatable bonds is 13. The Hall–Kier alpha value is -1.81. The van der Waals surface area contributed by atoms with Crippen LogP contribution in [0.4, 0.5) is 0 Å². The molecular formula is C40H65NO8. The van der Waals surface area contributed by atoms with Crippen molar-refractivity contribution in [2.24, 2.45) is 50.2 Å². The fraction of sp³-hybridized carbons (Fsp3) is 0.875. The first-order chi connectivity index (χ1) is 22.9. The molecule has 5 aliphatic rings. The van der Waals surface area contributed by atoms with Crippen LogP contribution in [0.15, 0.2) is 11.6 Å². The largest absolute Gasteiger partial charge is 0.481 e. The first kappa shape index (κ1) is 38.4. The molecular weight excluding hydrogens is 622 g/mol. The Morgan fingerprint density at radius 2 is 1.51 bits per heavy atom. The van der Waals surface area contributed by atoms with Crippen molar-refractivity contribution in [2.75, 3.05) is 60.3 Å². The smallest absolute Gasteiger partial charge is 0.319 e. The zero-order valence-electron chi connectivity index (χ0n) is 32.0. The number of hydrogen-bond donors (Lipinski definition) is 1. The summed E-state index contributed by atoms with van der Waals surface area (Å²) in [7, 11) is 3.10. The fourth-order valence-electron chi connectivity index (χ4n) is 12.2. The van der Waals surface area contributed by atoms with Crippen LogP contribution in [0.5, 0.6) is 0 Å². The zero-order chi connectivity index (χ0) is 36.0. The molecule has 4 saturated carbocycles. The number of hydrogen-bond acceptors (Lipinski definition) is 8. The van der Waals surface area contributed by atoms with Gasteiger partial charge in [-0.15, -0.1) is 0 Å². The Kier molecular flexibility index (Phi) is 10.9. The van der Waals surface area contributed by atoms with Gasteiger partial charge in [-0.3, -0.25) is 19.3 Å². The molecule has 4 fully saturated rings. The molecule has 0 aromatic rings. The van der Waals surface area contributed by atoms with Crippen LogP contribution in [0, 0.1) is 50.2 Å². The van der Waals surface area contributed by atoms with Crippen LogP contribution in [0.2, 0.25) is 0 Å². The molecule has 49 heavy (non-hydrogen) atoms. The van der Waals surface area contributed by atoms with Gasteiger partial charge in [-0.2, -0.15) is 0 Å². The van der Waals surface area contributed by atoms with Crippen molar-refractivity contribution in [3.8, 4) is 0 Å². The molecule has 1 N–H and O–H groups in total. The monoisotopic (exact) mass is 687 g/mol. The average Bonchev–Trinajstić information content (AvgIpc) is 3.03. The van der Waals surface area contributed by atoms with Crippen molar-refractivity contribution >= 4 is 17.7 Å². The molecule has 9 atom stereocenters. The van der Waals surface area contributed by atoms with Crippen LogP contribution in [0.25, 0.3) is 0 Å². The molecule has 9 heteroatoms. The Bertz CT molecular complexity index is 1300. The molecule has 0 heterocycles. The summed E-state index contributed by atoms with van der Waals surface area (Å²) in [5, 5.41) is 10.2. The van der Waals surface area contributed by atoms with Gasteiger partial charge in [0.2, 0.25) is 0 Å². The topological polar surface area (TPSA) is 112 Å². The summed E-state index contributed by atoms with van der Waals surface area (Å²) in [6.07, 6.45) is 10.2. The maximum atomic E-state index is 14.8. The van der Waals surface area contributed by atoms with Crippen molar-refractivity contribution in [1.29, 1.82) is 0 Å². The third-order valence-electron chi connectivity index (χ3n) is 15.4. The van der Waals surface area contributed by atoms with Gasteiger partial charge in [0.05, 0.1) is 52.1 Å². The fourth-order valence-corrected chi connectivity index (χ4v) is 12.2. The molecule has 0 aliphatic heterocycles. The molecule has 0 spiro atoms. The van der Waals surface area contributed by atoms with Crippen LogP contribution in [-0.4, -0.2) is 94.1 Å². The first-order valence-electron chi connectivity index (χ1n) is 18.9. The van der Waals surface area contributed by atoms with Gasteiger partial charge in [-0.25, -0.2) is 0 Å². The molecule has 0 bridgehead atoms. The SMILES string of the molecule is COCCOCCOCCN(CC(=O)OC)[C@H]1CC[C@]2(C)[C@H]3C(=O)C=C4[C@@H]5C[C@@](C)(C(=O)O)CC[C@]5(C)CC[C@@]4(C)[C@]3(C)CC[C@H]2C1(C)C. The molecule has 5 aliphatic carbocycles. The second kappa shape index (κ2) is 14.0. The van der Waals surface area contributed by atoms with E-state index in [1.165, 1.54) is 12.7 Å². The Balaban J connectivity index is 1.40. The van der Waals surface area contributed by atoms with E-state index in [-0.39, 0.29) is 63.2 Å². The van der Waals surface area contributed by atoms with Gasteiger partial charge in [0.25, 0.3) is 0 Å². The number of esters is 1. The summed E-state index contributed by atoms with van der Waals surface area (Å²) < 4.78 is 21.6. The number of ketones is 1. The van der Waals surface area contributed by atoms with Crippen molar-refractivity contribution in [3.05, 3.63) is 11.6 Å². The summed E-state index contributed by atoms with van der Waals surface area (Å²) >= 11 is 0. The number of ether oxygens (including phenoxy) is 4. The minimum atomic E-state index is -0.755. The number of aliphatic carboxylic acids is 1. The van der Waals surface area contributed by atoms with Crippen molar-refractivity contribution < 1.29 is 38.4 Å². The normalized spacial score (nSPS) is 41.2. The average molecular weight is 688 g/mol. The van der Waals surface area contributed by atoms with Crippen LogP contribution in [-0.2, 0) is 33.3 Å². The van der Waals surface area contributed by atoms with E-state index in [1.807, 2.05) is 13.0 Å². The highest BCUT2D eigenvalue weighted by Gasteiger charge is 2.70. The Morgan fingerprint density at radius 3 is 2.16 bits per heavy atom. The van der Waals surface area contributed by atoms with Crippen molar-refractivity contribution in [1.82, 2.24) is 4.90 Å². The highest BCUT2D eigenvalue weighted by Crippen LogP contribution is 2.75. The number of fused-ring (bicyclic) bond motifs is 7. The van der Waals surface area contributed by atoms with Gasteiger partial charge in [0, 0.05) is 25.6 Å². The Morgan fingerprint density at radius 1 is 0.857 bits per heavy atom. The molecule has 0 aromatic carbocycles. The lowest BCUT2D eigenvalue weighted by Crippen LogP contribution is -2.68. The van der Waals surface area contributed by atoms with Crippen LogP contribution >= 0.6 is 0 Å². The third-order valence-corrected chi connectivity index (χ3v) is 15.4. The number of carbonyl (C=O) groups excluding carboxylic acids is 2. The van der Waals surface area contributed by atoms with E-state index < -0.39 is 11.4 Å². The molecule has 0 amide bonds. The first-order valence-corrected chi connectivity index (χ1v) is 18.9. The lowest BCUT2D eigenvalue weighted by atomic mass is 9.33. The minimum Gasteiger partial charge on any atom is -0.481 e. The van der Waals surface area contributed by atoms with E-state index in [0.717, 1.165) is 44.9 Å². The van der Waals surface area contributed by atoms with Gasteiger partial charge < -0.3 is 24.1 Å². The van der Waals surface area contributed by atoms with Crippen molar-refractivity contribution in [3.63, 3.8) is 0 Å². The quantitative estimate of drug-likeness (QED) is 0.170. The van der Waals surface area contributed by atoms with E-state index in [1.54, 1.807) is 7.11 Å². The summed E-state index contributed by atoms with van der Waals surface area (Å²) in [4.78, 5) is 42.2. The van der Waals surface area contributed by atoms with Crippen LogP contribution in [0.1, 0.15) is 106 Å². The molecule has 0 unspecified atom stereocenters. The molecule has 9 nitrogen and oxygen atoms in total. The summed E-state index contributed by atoms with van der Waals surface area (Å²) in [6.45, 7) is 19.6. The number of carboxylic acids is 1. The standard InChI is InChI=1S/C40H65NO8/c1-35(2)30-10-13-40(7)33(29(42)24-27-28-25-37(4,34(44)45)15-14-36(28,3)16-17-39(27,40)6)38(30,5)12-11-31(35)41(26-32(43)47-9)18-19-48-22-23-49-21-20-46-8/h24,28,30-31,33H,10-23,25-26H2,1-9H3,(H,44,45)/t28-,30-,31-,33+,36+,37-,38-,39+,40+/m0/s1. The molecule has 0 aromatic heterocycles. The number of carboxylic acid groups (broad SMARTS) is 1. The van der Waals surface area contributed by atoms with Crippen molar-refractivity contribution in [2.45, 2.75) is 112 Å². The third kappa shape index (κ3) is 6.46. The van der Waals surface area contributed by atoms with Gasteiger partial charge in [-0.05, 0) is 110 Å². The van der Waals surface area contributed by atoms with E-state index in [9.17, 15) is 19.5 Å². The predicted molar refractivity (Wildman–Crippen MR) is 188 cm³/mol. The van der Waals surface area contributed by atoms with E-state index in [2.05, 4.69) is 46.4 Å². The summed E-state index contributed by atoms with van der Waals surface area (Å²) in [5.74, 6) is -0.374. The second-order valence-electron chi connectivity index (χ2n) is 18.2. The number of nitrogens with zero attached hydrogens (tertiary/aromatic N) is 1. The van der Waals surface area contributed by atoms with E-state index in [4.69, 9.17) is 18.9 Å². The van der Waals surface area contributed by atoms with Crippen LogP contribution in [0.3, 0.4) is 0 Å². The van der Waals surface area contributed by atoms with Gasteiger partial charge >= 0.3 is 11.9 Å². The van der Waals surface area contributed by atoms with Gasteiger partial charge in [0.1, 0.15) is 0 Å². The molecule has 5 rings (SSSR count). The zero-order valence-corrected chi connectivity index (χ0v) is 32.0. The highest BCUT2D eigenvalue weighted by atomic mass is 16.5. The molecule has 278 valence electrons. The lowest BCUT2D eigenvalue weighted by Gasteiger charge is -2.71. The van der Waals surface area contributed by atoms with Crippen LogP contribution < -0.4 is 0 Å². The number of allylic oxidation sites excluding steroid dienone is 2. The lowest BCUT2D eigenvalue weighted by molar-refractivity contribution is -0.197. The maximum absolute atomic E-state index is 14.8. The molecule has 0 radical (unpaired) electrons. The van der Waals surface area contributed by atoms with E-state index in [0.29, 0.717) is 58.3 Å². The highest BCUT2D eigenvalue weighted by molar-refractivity contribution is 5.95.